The Hall–Kier alpha value is -1.60. The molecule has 0 aliphatic carbocycles. The van der Waals surface area contributed by atoms with Gasteiger partial charge in [0.15, 0.2) is 0 Å². The van der Waals surface area contributed by atoms with E-state index in [0.29, 0.717) is 6.54 Å². The first-order valence-corrected chi connectivity index (χ1v) is 9.58. The van der Waals surface area contributed by atoms with Crippen molar-refractivity contribution in [1.29, 1.82) is 0 Å². The van der Waals surface area contributed by atoms with Crippen molar-refractivity contribution in [3.05, 3.63) is 48.3 Å². The van der Waals surface area contributed by atoms with E-state index in [1.807, 2.05) is 24.3 Å². The van der Waals surface area contributed by atoms with E-state index in [-0.39, 0.29) is 5.54 Å². The number of aryl methyl sites for hydroxylation is 2. The lowest BCUT2D eigenvalue weighted by atomic mass is 9.86. The van der Waals surface area contributed by atoms with Crippen molar-refractivity contribution >= 4 is 0 Å². The zero-order valence-electron chi connectivity index (χ0n) is 15.6. The van der Waals surface area contributed by atoms with Crippen LogP contribution in [0.4, 0.5) is 0 Å². The van der Waals surface area contributed by atoms with Gasteiger partial charge in [0.25, 0.3) is 0 Å². The molecule has 3 heterocycles. The first-order valence-electron chi connectivity index (χ1n) is 9.58. The van der Waals surface area contributed by atoms with Gasteiger partial charge in [0, 0.05) is 51.1 Å². The van der Waals surface area contributed by atoms with Gasteiger partial charge in [-0.1, -0.05) is 0 Å². The highest BCUT2D eigenvalue weighted by atomic mass is 16.3. The van der Waals surface area contributed by atoms with Crippen LogP contribution in [0.5, 0.6) is 0 Å². The van der Waals surface area contributed by atoms with Crippen LogP contribution in [0.1, 0.15) is 31.3 Å². The summed E-state index contributed by atoms with van der Waals surface area (Å²) in [5.41, 5.74) is -0.160. The maximum Gasteiger partial charge on any atom is 0.120 e. The van der Waals surface area contributed by atoms with Gasteiger partial charge in [-0.2, -0.15) is 0 Å². The van der Waals surface area contributed by atoms with Gasteiger partial charge in [0.05, 0.1) is 12.5 Å². The number of nitrogens with one attached hydrogen (secondary N) is 2. The Balaban J connectivity index is 1.73. The lowest BCUT2D eigenvalue weighted by molar-refractivity contribution is -0.0663. The Morgan fingerprint density at radius 1 is 1.04 bits per heavy atom. The van der Waals surface area contributed by atoms with E-state index < -0.39 is 6.23 Å². The van der Waals surface area contributed by atoms with Gasteiger partial charge in [-0.05, 0) is 44.0 Å². The fourth-order valence-corrected chi connectivity index (χ4v) is 3.73. The van der Waals surface area contributed by atoms with Crippen molar-refractivity contribution in [1.82, 2.24) is 15.5 Å². The molecule has 1 fully saturated rings. The Morgan fingerprint density at radius 2 is 1.65 bits per heavy atom. The van der Waals surface area contributed by atoms with E-state index in [2.05, 4.69) is 22.5 Å². The van der Waals surface area contributed by atoms with Crippen LogP contribution < -0.4 is 10.6 Å². The average Bonchev–Trinajstić information content (AvgIpc) is 3.34. The monoisotopic (exact) mass is 361 g/mol. The van der Waals surface area contributed by atoms with E-state index in [1.54, 1.807) is 12.5 Å². The summed E-state index contributed by atoms with van der Waals surface area (Å²) < 4.78 is 11.1. The second kappa shape index (κ2) is 9.37. The third kappa shape index (κ3) is 5.20. The van der Waals surface area contributed by atoms with E-state index in [0.717, 1.165) is 63.4 Å². The lowest BCUT2D eigenvalue weighted by Gasteiger charge is -2.44. The van der Waals surface area contributed by atoms with Gasteiger partial charge in [0.1, 0.15) is 17.7 Å². The first-order chi connectivity index (χ1) is 12.7. The number of rotatable bonds is 7. The maximum absolute atomic E-state index is 10.8. The predicted molar refractivity (Wildman–Crippen MR) is 101 cm³/mol. The maximum atomic E-state index is 10.8. The Kier molecular flexibility index (Phi) is 6.91. The molecule has 26 heavy (non-hydrogen) atoms. The zero-order chi connectivity index (χ0) is 18.2. The molecule has 1 unspecified atom stereocenters. The van der Waals surface area contributed by atoms with Crippen LogP contribution in [-0.2, 0) is 12.8 Å². The molecule has 3 rings (SSSR count). The Bertz CT molecular complexity index is 574. The first kappa shape index (κ1) is 19.2. The van der Waals surface area contributed by atoms with E-state index in [1.165, 1.54) is 0 Å². The minimum absolute atomic E-state index is 0.160. The number of furan rings is 2. The van der Waals surface area contributed by atoms with Crippen molar-refractivity contribution < 1.29 is 13.9 Å². The Morgan fingerprint density at radius 3 is 2.23 bits per heavy atom. The van der Waals surface area contributed by atoms with Crippen LogP contribution in [0, 0.1) is 0 Å². The van der Waals surface area contributed by atoms with Crippen LogP contribution in [0.3, 0.4) is 0 Å². The normalized spacial score (nSPS) is 20.5. The van der Waals surface area contributed by atoms with Gasteiger partial charge in [-0.3, -0.25) is 4.90 Å². The van der Waals surface area contributed by atoms with Crippen LogP contribution >= 0.6 is 0 Å². The van der Waals surface area contributed by atoms with E-state index in [9.17, 15) is 5.11 Å². The molecule has 2 aromatic rings. The number of aliphatic hydroxyl groups is 1. The Labute approximate surface area is 155 Å². The molecule has 1 saturated heterocycles. The second-order valence-electron chi connectivity index (χ2n) is 7.28. The number of β-amino-alcohol motifs (C(OH)–C–C–N with tert-alkyl or cyclic N) is 1. The minimum atomic E-state index is -0.506. The highest BCUT2D eigenvalue weighted by molar-refractivity contribution is 5.03. The molecule has 1 atom stereocenters. The van der Waals surface area contributed by atoms with Crippen LogP contribution in [0.25, 0.3) is 0 Å². The number of hydrogen-bond donors (Lipinski definition) is 3. The zero-order valence-corrected chi connectivity index (χ0v) is 15.6. The molecule has 6 nitrogen and oxygen atoms in total. The standard InChI is InChI=1S/C20H31N3O3/c1-20(8-6-17-4-2-14-25-17,9-7-18-5-3-15-26-18)23-13-12-21-10-11-22-16-19(23)24/h2-5,14-15,19,21-22,24H,6-13,16H2,1H3. The summed E-state index contributed by atoms with van der Waals surface area (Å²) in [7, 11) is 0. The number of nitrogens with zero attached hydrogens (tertiary/aromatic N) is 1. The summed E-state index contributed by atoms with van der Waals surface area (Å²) in [5, 5.41) is 17.6. The predicted octanol–water partition coefficient (Wildman–Crippen LogP) is 2.01. The number of hydrogen-bond acceptors (Lipinski definition) is 6. The largest absolute Gasteiger partial charge is 0.469 e. The van der Waals surface area contributed by atoms with Gasteiger partial charge >= 0.3 is 0 Å². The molecular formula is C20H31N3O3. The summed E-state index contributed by atoms with van der Waals surface area (Å²) in [5.74, 6) is 1.98. The molecule has 0 radical (unpaired) electrons. The third-order valence-corrected chi connectivity index (χ3v) is 5.37. The molecule has 3 N–H and O–H groups in total. The van der Waals surface area contributed by atoms with Crippen molar-refractivity contribution in [2.24, 2.45) is 0 Å². The molecule has 0 spiro atoms. The van der Waals surface area contributed by atoms with E-state index in [4.69, 9.17) is 8.83 Å². The molecule has 1 aliphatic rings. The fourth-order valence-electron chi connectivity index (χ4n) is 3.73. The van der Waals surface area contributed by atoms with E-state index >= 15 is 0 Å². The topological polar surface area (TPSA) is 73.8 Å². The summed E-state index contributed by atoms with van der Waals surface area (Å²) in [6.07, 6.45) is 6.47. The van der Waals surface area contributed by atoms with Crippen LogP contribution in [0.15, 0.2) is 45.6 Å². The second-order valence-corrected chi connectivity index (χ2v) is 7.28. The summed E-state index contributed by atoms with van der Waals surface area (Å²) in [4.78, 5) is 2.24. The summed E-state index contributed by atoms with van der Waals surface area (Å²) in [6, 6.07) is 7.90. The van der Waals surface area contributed by atoms with Crippen LogP contribution in [-0.4, -0.2) is 54.5 Å². The quantitative estimate of drug-likeness (QED) is 0.701. The molecule has 0 bridgehead atoms. The molecular weight excluding hydrogens is 330 g/mol. The lowest BCUT2D eigenvalue weighted by Crippen LogP contribution is -2.56. The SMILES string of the molecule is CC(CCc1ccco1)(CCc1ccco1)N1CCNCCNCC1O. The molecule has 0 amide bonds. The third-order valence-electron chi connectivity index (χ3n) is 5.37. The highest BCUT2D eigenvalue weighted by Crippen LogP contribution is 2.29. The van der Waals surface area contributed by atoms with Crippen molar-refractivity contribution in [3.8, 4) is 0 Å². The van der Waals surface area contributed by atoms with Gasteiger partial charge in [0.2, 0.25) is 0 Å². The molecule has 144 valence electrons. The van der Waals surface area contributed by atoms with Gasteiger partial charge < -0.3 is 24.6 Å². The van der Waals surface area contributed by atoms with Gasteiger partial charge in [-0.15, -0.1) is 0 Å². The fraction of sp³-hybridized carbons (Fsp3) is 0.600. The molecule has 6 heteroatoms. The summed E-state index contributed by atoms with van der Waals surface area (Å²) >= 11 is 0. The smallest absolute Gasteiger partial charge is 0.120 e. The summed E-state index contributed by atoms with van der Waals surface area (Å²) in [6.45, 7) is 6.32. The van der Waals surface area contributed by atoms with Crippen molar-refractivity contribution in [3.63, 3.8) is 0 Å². The highest BCUT2D eigenvalue weighted by Gasteiger charge is 2.35. The van der Waals surface area contributed by atoms with Crippen molar-refractivity contribution in [2.45, 2.75) is 44.4 Å². The number of aliphatic hydroxyl groups excluding tert-OH is 1. The molecule has 0 saturated carbocycles. The van der Waals surface area contributed by atoms with Gasteiger partial charge in [-0.25, -0.2) is 0 Å². The molecule has 1 aliphatic heterocycles. The molecule has 2 aromatic heterocycles. The minimum Gasteiger partial charge on any atom is -0.469 e. The van der Waals surface area contributed by atoms with Crippen LogP contribution in [0.2, 0.25) is 0 Å². The molecule has 0 aromatic carbocycles. The average molecular weight is 361 g/mol. The van der Waals surface area contributed by atoms with Crippen molar-refractivity contribution in [2.75, 3.05) is 32.7 Å².